The van der Waals surface area contributed by atoms with E-state index in [0.717, 1.165) is 18.7 Å². The number of amides is 2. The summed E-state index contributed by atoms with van der Waals surface area (Å²) in [5.41, 5.74) is 2.24. The molecule has 29 heavy (non-hydrogen) atoms. The summed E-state index contributed by atoms with van der Waals surface area (Å²) in [6.45, 7) is 1.57. The number of aromatic nitrogens is 2. The molecule has 9 heteroatoms. The molecule has 1 aromatic carbocycles. The van der Waals surface area contributed by atoms with Crippen molar-refractivity contribution in [1.29, 1.82) is 0 Å². The van der Waals surface area contributed by atoms with E-state index in [1.54, 1.807) is 13.2 Å². The number of nitrogens with zero attached hydrogens (tertiary/aromatic N) is 4. The lowest BCUT2D eigenvalue weighted by atomic mass is 10.1. The van der Waals surface area contributed by atoms with Gasteiger partial charge < -0.3 is 10.6 Å². The first-order valence-electron chi connectivity index (χ1n) is 9.54. The third-order valence-electron chi connectivity index (χ3n) is 4.65. The van der Waals surface area contributed by atoms with Gasteiger partial charge in [0.25, 0.3) is 0 Å². The third-order valence-corrected chi connectivity index (χ3v) is 4.65. The number of likely N-dealkylation sites (tertiary alicyclic amines) is 1. The van der Waals surface area contributed by atoms with Crippen LogP contribution in [0.15, 0.2) is 47.7 Å². The standard InChI is InChI=1S/C20H26N6O2.HI/c1-21-20(23-13-15-25-18(27)4-2-5-19(25)28)22-12-10-16-6-8-17(9-7-16)26-14-3-11-24-26;/h3,6-9,11,14H,2,4-5,10,12-13,15H2,1H3,(H2,21,22,23);1H. The lowest BCUT2D eigenvalue weighted by Crippen LogP contribution is -2.46. The molecule has 8 nitrogen and oxygen atoms in total. The number of piperidine rings is 1. The van der Waals surface area contributed by atoms with Crippen molar-refractivity contribution >= 4 is 41.8 Å². The number of hydrogen-bond acceptors (Lipinski definition) is 4. The van der Waals surface area contributed by atoms with Gasteiger partial charge in [-0.3, -0.25) is 19.5 Å². The second kappa shape index (κ2) is 11.5. The summed E-state index contributed by atoms with van der Waals surface area (Å²) >= 11 is 0. The molecule has 0 atom stereocenters. The van der Waals surface area contributed by atoms with Crippen LogP contribution in [-0.4, -0.2) is 59.1 Å². The minimum Gasteiger partial charge on any atom is -0.356 e. The summed E-state index contributed by atoms with van der Waals surface area (Å²) < 4.78 is 1.83. The molecule has 1 aliphatic rings. The fraction of sp³-hybridized carbons (Fsp3) is 0.400. The summed E-state index contributed by atoms with van der Waals surface area (Å²) in [4.78, 5) is 29.1. The van der Waals surface area contributed by atoms with E-state index in [-0.39, 0.29) is 35.8 Å². The predicted octanol–water partition coefficient (Wildman–Crippen LogP) is 1.74. The van der Waals surface area contributed by atoms with Gasteiger partial charge in [0.15, 0.2) is 5.96 Å². The zero-order valence-electron chi connectivity index (χ0n) is 16.5. The van der Waals surface area contributed by atoms with Crippen molar-refractivity contribution in [3.05, 3.63) is 48.3 Å². The highest BCUT2D eigenvalue weighted by molar-refractivity contribution is 14.0. The Morgan fingerprint density at radius 1 is 1.10 bits per heavy atom. The highest BCUT2D eigenvalue weighted by Crippen LogP contribution is 2.11. The fourth-order valence-corrected chi connectivity index (χ4v) is 3.12. The van der Waals surface area contributed by atoms with Crippen LogP contribution in [0, 0.1) is 0 Å². The van der Waals surface area contributed by atoms with Gasteiger partial charge in [-0.15, -0.1) is 24.0 Å². The summed E-state index contributed by atoms with van der Waals surface area (Å²) in [5, 5.41) is 10.6. The van der Waals surface area contributed by atoms with Crippen molar-refractivity contribution in [1.82, 2.24) is 25.3 Å². The average Bonchev–Trinajstić information content (AvgIpc) is 3.24. The van der Waals surface area contributed by atoms with E-state index in [4.69, 9.17) is 0 Å². The van der Waals surface area contributed by atoms with Crippen LogP contribution < -0.4 is 10.6 Å². The Hall–Kier alpha value is -2.43. The van der Waals surface area contributed by atoms with Gasteiger partial charge in [0.2, 0.25) is 11.8 Å². The maximum absolute atomic E-state index is 11.8. The lowest BCUT2D eigenvalue weighted by Gasteiger charge is -2.25. The van der Waals surface area contributed by atoms with E-state index in [1.807, 2.05) is 29.1 Å². The van der Waals surface area contributed by atoms with E-state index >= 15 is 0 Å². The number of aliphatic imine (C=N–C) groups is 1. The molecule has 0 aliphatic carbocycles. The van der Waals surface area contributed by atoms with Crippen molar-refractivity contribution in [3.63, 3.8) is 0 Å². The Kier molecular flexibility index (Phi) is 9.10. The van der Waals surface area contributed by atoms with Crippen molar-refractivity contribution in [2.45, 2.75) is 25.7 Å². The molecule has 2 aromatic rings. The first-order chi connectivity index (χ1) is 13.7. The molecule has 1 aliphatic heterocycles. The zero-order valence-corrected chi connectivity index (χ0v) is 18.8. The molecule has 2 heterocycles. The number of carbonyl (C=O) groups is 2. The number of carbonyl (C=O) groups excluding carboxylic acids is 2. The molecule has 0 spiro atoms. The van der Waals surface area contributed by atoms with Gasteiger partial charge >= 0.3 is 0 Å². The van der Waals surface area contributed by atoms with Crippen LogP contribution in [0.2, 0.25) is 0 Å². The number of hydrogen-bond donors (Lipinski definition) is 2. The van der Waals surface area contributed by atoms with E-state index in [0.29, 0.717) is 38.3 Å². The average molecular weight is 510 g/mol. The Morgan fingerprint density at radius 3 is 2.41 bits per heavy atom. The monoisotopic (exact) mass is 510 g/mol. The van der Waals surface area contributed by atoms with E-state index in [2.05, 4.69) is 32.9 Å². The van der Waals surface area contributed by atoms with E-state index < -0.39 is 0 Å². The summed E-state index contributed by atoms with van der Waals surface area (Å²) in [6.07, 6.45) is 6.09. The van der Waals surface area contributed by atoms with Crippen LogP contribution in [0.1, 0.15) is 24.8 Å². The van der Waals surface area contributed by atoms with Gasteiger partial charge in [-0.05, 0) is 36.6 Å². The van der Waals surface area contributed by atoms with Gasteiger partial charge in [-0.1, -0.05) is 12.1 Å². The minimum absolute atomic E-state index is 0. The smallest absolute Gasteiger partial charge is 0.229 e. The quantitative estimate of drug-likeness (QED) is 0.256. The van der Waals surface area contributed by atoms with Gasteiger partial charge in [0.1, 0.15) is 0 Å². The molecule has 0 radical (unpaired) electrons. The number of imide groups is 1. The maximum atomic E-state index is 11.8. The molecule has 1 aromatic heterocycles. The molecular weight excluding hydrogens is 483 g/mol. The third kappa shape index (κ3) is 6.55. The van der Waals surface area contributed by atoms with Gasteiger partial charge in [0, 0.05) is 51.9 Å². The van der Waals surface area contributed by atoms with Crippen molar-refractivity contribution < 1.29 is 9.59 Å². The molecule has 2 N–H and O–H groups in total. The number of rotatable bonds is 7. The summed E-state index contributed by atoms with van der Waals surface area (Å²) in [7, 11) is 1.70. The predicted molar refractivity (Wildman–Crippen MR) is 123 cm³/mol. The first kappa shape index (κ1) is 22.9. The van der Waals surface area contributed by atoms with Crippen LogP contribution >= 0.6 is 24.0 Å². The minimum atomic E-state index is -0.0837. The molecule has 1 saturated heterocycles. The van der Waals surface area contributed by atoms with Crippen LogP contribution in [0.5, 0.6) is 0 Å². The SMILES string of the molecule is CN=C(NCCc1ccc(-n2cccn2)cc1)NCCN1C(=O)CCCC1=O.I. The van der Waals surface area contributed by atoms with Gasteiger partial charge in [-0.25, -0.2) is 4.68 Å². The normalized spacial score (nSPS) is 14.5. The number of halogens is 1. The van der Waals surface area contributed by atoms with Gasteiger partial charge in [-0.2, -0.15) is 5.10 Å². The van der Waals surface area contributed by atoms with Gasteiger partial charge in [0.05, 0.1) is 5.69 Å². The number of nitrogens with one attached hydrogen (secondary N) is 2. The Bertz CT molecular complexity index is 804. The molecule has 156 valence electrons. The topological polar surface area (TPSA) is 91.6 Å². The van der Waals surface area contributed by atoms with Crippen LogP contribution in [0.4, 0.5) is 0 Å². The molecular formula is C20H27IN6O2. The van der Waals surface area contributed by atoms with Crippen molar-refractivity contribution in [2.24, 2.45) is 4.99 Å². The lowest BCUT2D eigenvalue weighted by molar-refractivity contribution is -0.147. The van der Waals surface area contributed by atoms with Crippen molar-refractivity contribution in [2.75, 3.05) is 26.7 Å². The number of guanidine groups is 1. The molecule has 0 saturated carbocycles. The maximum Gasteiger partial charge on any atom is 0.229 e. The second-order valence-corrected chi connectivity index (χ2v) is 6.59. The molecule has 2 amide bonds. The van der Waals surface area contributed by atoms with Crippen LogP contribution in [0.3, 0.4) is 0 Å². The van der Waals surface area contributed by atoms with Crippen LogP contribution in [-0.2, 0) is 16.0 Å². The Morgan fingerprint density at radius 2 is 1.79 bits per heavy atom. The van der Waals surface area contributed by atoms with Crippen molar-refractivity contribution in [3.8, 4) is 5.69 Å². The fourth-order valence-electron chi connectivity index (χ4n) is 3.12. The Labute approximate surface area is 187 Å². The highest BCUT2D eigenvalue weighted by Gasteiger charge is 2.25. The van der Waals surface area contributed by atoms with E-state index in [9.17, 15) is 9.59 Å². The molecule has 0 unspecified atom stereocenters. The second-order valence-electron chi connectivity index (χ2n) is 6.59. The molecule has 3 rings (SSSR count). The molecule has 1 fully saturated rings. The Balaban J connectivity index is 0.00000300. The number of benzene rings is 1. The summed E-state index contributed by atoms with van der Waals surface area (Å²) in [6, 6.07) is 10.2. The first-order valence-corrected chi connectivity index (χ1v) is 9.54. The highest BCUT2D eigenvalue weighted by atomic mass is 127. The largest absolute Gasteiger partial charge is 0.356 e. The van der Waals surface area contributed by atoms with Crippen LogP contribution in [0.25, 0.3) is 5.69 Å². The van der Waals surface area contributed by atoms with E-state index in [1.165, 1.54) is 10.5 Å². The summed E-state index contributed by atoms with van der Waals surface area (Å²) in [5.74, 6) is 0.490. The zero-order chi connectivity index (χ0) is 19.8. The molecule has 0 bridgehead atoms.